The molecule has 0 bridgehead atoms. The monoisotopic (exact) mass is 295 g/mol. The maximum absolute atomic E-state index is 5.62. The molecule has 2 aromatic rings. The van der Waals surface area contributed by atoms with Gasteiger partial charge in [-0.15, -0.1) is 15.3 Å². The van der Waals surface area contributed by atoms with Gasteiger partial charge in [-0.1, -0.05) is 18.7 Å². The van der Waals surface area contributed by atoms with Gasteiger partial charge in [0.15, 0.2) is 11.0 Å². The third-order valence-corrected chi connectivity index (χ3v) is 3.73. The Morgan fingerprint density at radius 3 is 2.55 bits per heavy atom. The van der Waals surface area contributed by atoms with Crippen LogP contribution in [0.1, 0.15) is 27.7 Å². The zero-order chi connectivity index (χ0) is 14.5. The first-order valence-electron chi connectivity index (χ1n) is 7.01. The standard InChI is InChI=1S/C13H21N5OS/c1-5-17-9-10(12(16-17)19-7-3)11-14-15-13(20-8-4)18(11)6-2/h9H,5-8H2,1-4H3. The van der Waals surface area contributed by atoms with E-state index in [2.05, 4.69) is 40.6 Å². The minimum absolute atomic E-state index is 0.588. The van der Waals surface area contributed by atoms with Crippen LogP contribution in [0.4, 0.5) is 0 Å². The quantitative estimate of drug-likeness (QED) is 0.735. The zero-order valence-corrected chi connectivity index (χ0v) is 13.3. The molecule has 0 saturated carbocycles. The van der Waals surface area contributed by atoms with Crippen molar-refractivity contribution in [2.45, 2.75) is 45.9 Å². The van der Waals surface area contributed by atoms with Gasteiger partial charge >= 0.3 is 0 Å². The summed E-state index contributed by atoms with van der Waals surface area (Å²) < 4.78 is 9.59. The lowest BCUT2D eigenvalue weighted by Crippen LogP contribution is -2.01. The molecule has 0 aromatic carbocycles. The van der Waals surface area contributed by atoms with Gasteiger partial charge in [0, 0.05) is 19.3 Å². The summed E-state index contributed by atoms with van der Waals surface area (Å²) in [6.45, 7) is 10.4. The molecule has 0 aliphatic carbocycles. The first-order chi connectivity index (χ1) is 9.74. The van der Waals surface area contributed by atoms with Crippen LogP contribution in [-0.4, -0.2) is 36.9 Å². The number of ether oxygens (including phenoxy) is 1. The van der Waals surface area contributed by atoms with E-state index in [1.54, 1.807) is 11.8 Å². The minimum atomic E-state index is 0.588. The topological polar surface area (TPSA) is 57.8 Å². The highest BCUT2D eigenvalue weighted by atomic mass is 32.2. The predicted molar refractivity (Wildman–Crippen MR) is 80.2 cm³/mol. The van der Waals surface area contributed by atoms with Crippen molar-refractivity contribution in [1.29, 1.82) is 0 Å². The second kappa shape index (κ2) is 6.78. The summed E-state index contributed by atoms with van der Waals surface area (Å²) in [7, 11) is 0. The summed E-state index contributed by atoms with van der Waals surface area (Å²) >= 11 is 1.70. The Labute approximate surface area is 123 Å². The molecular formula is C13H21N5OS. The lowest BCUT2D eigenvalue weighted by Gasteiger charge is -2.06. The van der Waals surface area contributed by atoms with E-state index in [4.69, 9.17) is 4.74 Å². The van der Waals surface area contributed by atoms with Gasteiger partial charge in [0.25, 0.3) is 0 Å². The number of thioether (sulfide) groups is 1. The van der Waals surface area contributed by atoms with Crippen LogP contribution in [0.3, 0.4) is 0 Å². The number of aryl methyl sites for hydroxylation is 1. The van der Waals surface area contributed by atoms with Crippen LogP contribution in [0.2, 0.25) is 0 Å². The van der Waals surface area contributed by atoms with Crippen molar-refractivity contribution in [2.24, 2.45) is 0 Å². The average Bonchev–Trinajstić information content (AvgIpc) is 3.03. The Balaban J connectivity index is 2.47. The Morgan fingerprint density at radius 2 is 1.95 bits per heavy atom. The highest BCUT2D eigenvalue weighted by molar-refractivity contribution is 7.99. The Kier molecular flexibility index (Phi) is 5.05. The number of hydrogen-bond donors (Lipinski definition) is 0. The van der Waals surface area contributed by atoms with E-state index in [0.29, 0.717) is 12.5 Å². The molecule has 0 aliphatic rings. The van der Waals surface area contributed by atoms with Gasteiger partial charge in [0.1, 0.15) is 5.56 Å². The minimum Gasteiger partial charge on any atom is -0.476 e. The third kappa shape index (κ3) is 2.82. The molecule has 20 heavy (non-hydrogen) atoms. The predicted octanol–water partition coefficient (Wildman–Crippen LogP) is 2.69. The van der Waals surface area contributed by atoms with Crippen LogP contribution in [-0.2, 0) is 13.1 Å². The molecule has 0 atom stereocenters. The molecule has 0 radical (unpaired) electrons. The summed E-state index contributed by atoms with van der Waals surface area (Å²) in [4.78, 5) is 0. The molecule has 2 heterocycles. The largest absolute Gasteiger partial charge is 0.476 e. The van der Waals surface area contributed by atoms with Gasteiger partial charge < -0.3 is 9.30 Å². The highest BCUT2D eigenvalue weighted by Gasteiger charge is 2.19. The number of nitrogens with zero attached hydrogens (tertiary/aromatic N) is 5. The highest BCUT2D eigenvalue weighted by Crippen LogP contribution is 2.30. The number of rotatable bonds is 7. The molecular weight excluding hydrogens is 274 g/mol. The fourth-order valence-corrected chi connectivity index (χ4v) is 2.70. The molecule has 0 fully saturated rings. The molecule has 6 nitrogen and oxygen atoms in total. The summed E-state index contributed by atoms with van der Waals surface area (Å²) in [5.41, 5.74) is 0.908. The molecule has 0 saturated heterocycles. The van der Waals surface area contributed by atoms with Crippen LogP contribution in [0.25, 0.3) is 11.4 Å². The molecule has 0 spiro atoms. The molecule has 110 valence electrons. The molecule has 0 N–H and O–H groups in total. The summed E-state index contributed by atoms with van der Waals surface area (Å²) in [5.74, 6) is 2.43. The van der Waals surface area contributed by atoms with E-state index >= 15 is 0 Å². The van der Waals surface area contributed by atoms with Crippen LogP contribution >= 0.6 is 11.8 Å². The molecule has 2 aromatic heterocycles. The van der Waals surface area contributed by atoms with Gasteiger partial charge in [0.2, 0.25) is 5.88 Å². The first-order valence-corrected chi connectivity index (χ1v) is 8.00. The van der Waals surface area contributed by atoms with Crippen molar-refractivity contribution in [2.75, 3.05) is 12.4 Å². The number of aromatic nitrogens is 5. The Bertz CT molecular complexity index is 563. The van der Waals surface area contributed by atoms with Crippen molar-refractivity contribution in [1.82, 2.24) is 24.5 Å². The second-order valence-electron chi connectivity index (χ2n) is 4.12. The van der Waals surface area contributed by atoms with Crippen molar-refractivity contribution >= 4 is 11.8 Å². The lowest BCUT2D eigenvalue weighted by molar-refractivity contribution is 0.322. The number of hydrogen-bond acceptors (Lipinski definition) is 5. The van der Waals surface area contributed by atoms with E-state index in [0.717, 1.165) is 35.4 Å². The van der Waals surface area contributed by atoms with Crippen LogP contribution in [0.5, 0.6) is 5.88 Å². The van der Waals surface area contributed by atoms with E-state index in [9.17, 15) is 0 Å². The average molecular weight is 295 g/mol. The molecule has 7 heteroatoms. The summed E-state index contributed by atoms with van der Waals surface area (Å²) in [6.07, 6.45) is 1.97. The van der Waals surface area contributed by atoms with E-state index in [1.807, 2.05) is 17.8 Å². The van der Waals surface area contributed by atoms with Gasteiger partial charge in [-0.3, -0.25) is 4.68 Å². The molecule has 0 unspecified atom stereocenters. The maximum Gasteiger partial charge on any atom is 0.243 e. The fourth-order valence-electron chi connectivity index (χ4n) is 1.97. The maximum atomic E-state index is 5.62. The zero-order valence-electron chi connectivity index (χ0n) is 12.5. The Morgan fingerprint density at radius 1 is 1.15 bits per heavy atom. The molecule has 2 rings (SSSR count). The van der Waals surface area contributed by atoms with E-state index in [1.165, 1.54) is 0 Å². The van der Waals surface area contributed by atoms with Gasteiger partial charge in [-0.2, -0.15) is 0 Å². The normalized spacial score (nSPS) is 11.0. The van der Waals surface area contributed by atoms with Gasteiger partial charge in [0.05, 0.1) is 6.61 Å². The first kappa shape index (κ1) is 14.9. The van der Waals surface area contributed by atoms with Crippen molar-refractivity contribution < 1.29 is 4.74 Å². The van der Waals surface area contributed by atoms with Crippen LogP contribution in [0, 0.1) is 0 Å². The second-order valence-corrected chi connectivity index (χ2v) is 5.35. The van der Waals surface area contributed by atoms with Crippen molar-refractivity contribution in [3.8, 4) is 17.3 Å². The van der Waals surface area contributed by atoms with Gasteiger partial charge in [-0.25, -0.2) is 0 Å². The lowest BCUT2D eigenvalue weighted by atomic mass is 10.3. The van der Waals surface area contributed by atoms with E-state index in [-0.39, 0.29) is 0 Å². The molecule has 0 amide bonds. The van der Waals surface area contributed by atoms with Crippen molar-refractivity contribution in [3.05, 3.63) is 6.20 Å². The third-order valence-electron chi connectivity index (χ3n) is 2.88. The molecule has 0 aliphatic heterocycles. The Hall–Kier alpha value is -1.50. The van der Waals surface area contributed by atoms with Crippen LogP contribution < -0.4 is 4.74 Å². The SMILES string of the molecule is CCOc1nn(CC)cc1-c1nnc(SCC)n1CC. The van der Waals surface area contributed by atoms with Crippen molar-refractivity contribution in [3.63, 3.8) is 0 Å². The van der Waals surface area contributed by atoms with Gasteiger partial charge in [-0.05, 0) is 26.5 Å². The van der Waals surface area contributed by atoms with E-state index < -0.39 is 0 Å². The summed E-state index contributed by atoms with van der Waals surface area (Å²) in [5, 5.41) is 14.0. The smallest absolute Gasteiger partial charge is 0.243 e. The van der Waals surface area contributed by atoms with Crippen LogP contribution in [0.15, 0.2) is 11.4 Å². The summed E-state index contributed by atoms with van der Waals surface area (Å²) in [6, 6.07) is 0. The fraction of sp³-hybridized carbons (Fsp3) is 0.615.